The van der Waals surface area contributed by atoms with E-state index in [9.17, 15) is 4.79 Å². The number of aromatic amines is 1. The van der Waals surface area contributed by atoms with E-state index in [4.69, 9.17) is 4.74 Å². The lowest BCUT2D eigenvalue weighted by molar-refractivity contribution is 0.0428. The molecule has 4 rings (SSSR count). The van der Waals surface area contributed by atoms with Crippen LogP contribution in [0.3, 0.4) is 0 Å². The molecule has 0 saturated carbocycles. The molecule has 0 spiro atoms. The number of carbonyl (C=O) groups excluding carboxylic acids is 1. The van der Waals surface area contributed by atoms with Crippen LogP contribution in [0.1, 0.15) is 0 Å². The van der Waals surface area contributed by atoms with E-state index in [1.54, 1.807) is 12.5 Å². The molecule has 0 atom stereocenters. The zero-order valence-corrected chi connectivity index (χ0v) is 12.8. The van der Waals surface area contributed by atoms with E-state index in [0.717, 1.165) is 29.9 Å². The van der Waals surface area contributed by atoms with E-state index in [1.165, 1.54) is 0 Å². The highest BCUT2D eigenvalue weighted by Gasteiger charge is 2.27. The maximum absolute atomic E-state index is 12.5. The van der Waals surface area contributed by atoms with Crippen LogP contribution in [0.4, 0.5) is 10.6 Å². The molecule has 2 aromatic heterocycles. The van der Waals surface area contributed by atoms with Crippen molar-refractivity contribution in [1.29, 1.82) is 0 Å². The van der Waals surface area contributed by atoms with Gasteiger partial charge in [-0.15, -0.1) is 0 Å². The Hall–Kier alpha value is -2.42. The van der Waals surface area contributed by atoms with Crippen molar-refractivity contribution in [3.63, 3.8) is 0 Å². The number of aromatic nitrogens is 4. The molecule has 2 aromatic rings. The fourth-order valence-corrected chi connectivity index (χ4v) is 3.07. The number of nitrogens with zero attached hydrogens (tertiary/aromatic N) is 6. The number of piperazine rings is 1. The minimum atomic E-state index is 0.115. The summed E-state index contributed by atoms with van der Waals surface area (Å²) >= 11 is 0. The highest BCUT2D eigenvalue weighted by atomic mass is 16.5. The average molecular weight is 317 g/mol. The summed E-state index contributed by atoms with van der Waals surface area (Å²) in [5, 5.41) is 7.80. The number of carbonyl (C=O) groups is 1. The maximum atomic E-state index is 12.5. The Labute approximate surface area is 133 Å². The van der Waals surface area contributed by atoms with Crippen LogP contribution in [0.15, 0.2) is 12.5 Å². The van der Waals surface area contributed by atoms with Crippen molar-refractivity contribution in [2.75, 3.05) is 57.4 Å². The van der Waals surface area contributed by atoms with Gasteiger partial charge in [-0.05, 0) is 0 Å². The van der Waals surface area contributed by atoms with Gasteiger partial charge in [-0.1, -0.05) is 0 Å². The van der Waals surface area contributed by atoms with Crippen molar-refractivity contribution in [2.45, 2.75) is 0 Å². The molecule has 0 radical (unpaired) electrons. The van der Waals surface area contributed by atoms with Crippen molar-refractivity contribution in [3.05, 3.63) is 12.5 Å². The van der Waals surface area contributed by atoms with E-state index in [0.29, 0.717) is 39.4 Å². The molecule has 0 unspecified atom stereocenters. The molecule has 2 aliphatic rings. The van der Waals surface area contributed by atoms with Crippen LogP contribution >= 0.6 is 0 Å². The number of H-pyrrole nitrogens is 1. The van der Waals surface area contributed by atoms with Gasteiger partial charge in [-0.3, -0.25) is 5.10 Å². The molecular formula is C14H19N7O2. The number of rotatable bonds is 1. The van der Waals surface area contributed by atoms with Gasteiger partial charge in [0.25, 0.3) is 0 Å². The largest absolute Gasteiger partial charge is 0.378 e. The van der Waals surface area contributed by atoms with Gasteiger partial charge < -0.3 is 19.4 Å². The van der Waals surface area contributed by atoms with Crippen molar-refractivity contribution in [2.24, 2.45) is 0 Å². The fraction of sp³-hybridized carbons (Fsp3) is 0.571. The minimum absolute atomic E-state index is 0.115. The standard InChI is InChI=1S/C14H19N7O2/c22-14(21-5-7-23-8-6-21)20-3-1-19(2-4-20)13-11-9-17-18-12(11)15-10-16-13/h9-10H,1-8H2,(H,15,16,17,18). The Morgan fingerprint density at radius 2 is 1.78 bits per heavy atom. The molecule has 122 valence electrons. The number of hydrogen-bond acceptors (Lipinski definition) is 6. The molecule has 23 heavy (non-hydrogen) atoms. The smallest absolute Gasteiger partial charge is 0.320 e. The molecule has 2 saturated heterocycles. The summed E-state index contributed by atoms with van der Waals surface area (Å²) in [5.74, 6) is 0.877. The zero-order chi connectivity index (χ0) is 15.6. The normalized spacial score (nSPS) is 19.4. The molecule has 1 N–H and O–H groups in total. The third-order valence-electron chi connectivity index (χ3n) is 4.36. The first-order valence-corrected chi connectivity index (χ1v) is 7.83. The third-order valence-corrected chi connectivity index (χ3v) is 4.36. The highest BCUT2D eigenvalue weighted by molar-refractivity contribution is 5.86. The first kappa shape index (κ1) is 14.2. The number of hydrogen-bond donors (Lipinski definition) is 1. The van der Waals surface area contributed by atoms with Crippen LogP contribution < -0.4 is 4.90 Å². The Morgan fingerprint density at radius 1 is 1.04 bits per heavy atom. The number of urea groups is 1. The molecule has 0 aliphatic carbocycles. The van der Waals surface area contributed by atoms with Crippen LogP contribution in [0, 0.1) is 0 Å². The summed E-state index contributed by atoms with van der Waals surface area (Å²) in [6.45, 7) is 5.53. The second-order valence-corrected chi connectivity index (χ2v) is 5.69. The van der Waals surface area contributed by atoms with Crippen molar-refractivity contribution in [3.8, 4) is 0 Å². The lowest BCUT2D eigenvalue weighted by Crippen LogP contribution is -2.55. The molecule has 2 aliphatic heterocycles. The quantitative estimate of drug-likeness (QED) is 0.791. The monoisotopic (exact) mass is 317 g/mol. The third kappa shape index (κ3) is 2.67. The summed E-state index contributed by atoms with van der Waals surface area (Å²) < 4.78 is 5.30. The molecule has 9 nitrogen and oxygen atoms in total. The van der Waals surface area contributed by atoms with Gasteiger partial charge in [0.05, 0.1) is 24.8 Å². The van der Waals surface area contributed by atoms with Crippen LogP contribution in [-0.2, 0) is 4.74 Å². The predicted molar refractivity (Wildman–Crippen MR) is 83.3 cm³/mol. The first-order chi connectivity index (χ1) is 11.3. The van der Waals surface area contributed by atoms with Gasteiger partial charge in [0, 0.05) is 39.3 Å². The first-order valence-electron chi connectivity index (χ1n) is 7.83. The number of anilines is 1. The van der Waals surface area contributed by atoms with E-state index in [1.807, 2.05) is 9.80 Å². The lowest BCUT2D eigenvalue weighted by Gasteiger charge is -2.38. The van der Waals surface area contributed by atoms with Crippen LogP contribution in [0.25, 0.3) is 11.0 Å². The van der Waals surface area contributed by atoms with Gasteiger partial charge in [0.15, 0.2) is 5.65 Å². The van der Waals surface area contributed by atoms with E-state index in [-0.39, 0.29) is 6.03 Å². The number of fused-ring (bicyclic) bond motifs is 1. The van der Waals surface area contributed by atoms with Crippen molar-refractivity contribution < 1.29 is 9.53 Å². The lowest BCUT2D eigenvalue weighted by atomic mass is 10.3. The highest BCUT2D eigenvalue weighted by Crippen LogP contribution is 2.22. The van der Waals surface area contributed by atoms with E-state index < -0.39 is 0 Å². The molecule has 0 aromatic carbocycles. The second kappa shape index (κ2) is 5.99. The van der Waals surface area contributed by atoms with Crippen LogP contribution in [0.5, 0.6) is 0 Å². The molecule has 2 amide bonds. The number of morpholine rings is 1. The van der Waals surface area contributed by atoms with Gasteiger partial charge in [-0.2, -0.15) is 5.10 Å². The summed E-state index contributed by atoms with van der Waals surface area (Å²) in [4.78, 5) is 27.0. The average Bonchev–Trinajstić information content (AvgIpc) is 3.11. The van der Waals surface area contributed by atoms with Crippen molar-refractivity contribution >= 4 is 22.9 Å². The summed E-state index contributed by atoms with van der Waals surface area (Å²) in [5.41, 5.74) is 0.738. The SMILES string of the molecule is O=C(N1CCOCC1)N1CCN(c2ncnc3[nH]ncc23)CC1. The fourth-order valence-electron chi connectivity index (χ4n) is 3.07. The maximum Gasteiger partial charge on any atom is 0.320 e. The number of nitrogens with one attached hydrogen (secondary N) is 1. The predicted octanol–water partition coefficient (Wildman–Crippen LogP) is -0.0729. The molecule has 0 bridgehead atoms. The molecular weight excluding hydrogens is 298 g/mol. The Balaban J connectivity index is 1.42. The number of amides is 2. The minimum Gasteiger partial charge on any atom is -0.378 e. The second-order valence-electron chi connectivity index (χ2n) is 5.69. The van der Waals surface area contributed by atoms with Gasteiger partial charge >= 0.3 is 6.03 Å². The molecule has 9 heteroatoms. The van der Waals surface area contributed by atoms with Crippen LogP contribution in [-0.4, -0.2) is 88.5 Å². The van der Waals surface area contributed by atoms with Crippen LogP contribution in [0.2, 0.25) is 0 Å². The summed E-state index contributed by atoms with van der Waals surface area (Å²) in [7, 11) is 0. The Bertz CT molecular complexity index is 689. The summed E-state index contributed by atoms with van der Waals surface area (Å²) in [6.07, 6.45) is 3.29. The molecule has 2 fully saturated rings. The van der Waals surface area contributed by atoms with Gasteiger partial charge in [0.1, 0.15) is 12.1 Å². The Morgan fingerprint density at radius 3 is 2.57 bits per heavy atom. The zero-order valence-electron chi connectivity index (χ0n) is 12.8. The van der Waals surface area contributed by atoms with Gasteiger partial charge in [0.2, 0.25) is 0 Å². The summed E-state index contributed by atoms with van der Waals surface area (Å²) in [6, 6.07) is 0.115. The van der Waals surface area contributed by atoms with Gasteiger partial charge in [-0.25, -0.2) is 14.8 Å². The number of ether oxygens (including phenoxy) is 1. The Kier molecular flexibility index (Phi) is 3.70. The van der Waals surface area contributed by atoms with Crippen molar-refractivity contribution in [1.82, 2.24) is 30.0 Å². The topological polar surface area (TPSA) is 90.5 Å². The molecule has 4 heterocycles. The van der Waals surface area contributed by atoms with E-state index >= 15 is 0 Å². The van der Waals surface area contributed by atoms with E-state index in [2.05, 4.69) is 25.1 Å².